The Hall–Kier alpha value is -1.46. The van der Waals surface area contributed by atoms with Gasteiger partial charge >= 0.3 is 0 Å². The van der Waals surface area contributed by atoms with Crippen molar-refractivity contribution in [3.05, 3.63) is 23.8 Å². The molecule has 1 fully saturated rings. The lowest BCUT2D eigenvalue weighted by molar-refractivity contribution is -0.132. The minimum absolute atomic E-state index is 0. The van der Waals surface area contributed by atoms with E-state index in [0.29, 0.717) is 18.9 Å². The molecule has 5 nitrogen and oxygen atoms in total. The van der Waals surface area contributed by atoms with Crippen molar-refractivity contribution in [3.63, 3.8) is 0 Å². The first-order valence-corrected chi connectivity index (χ1v) is 7.83. The molecule has 1 saturated heterocycles. The van der Waals surface area contributed by atoms with E-state index in [1.165, 1.54) is 0 Å². The van der Waals surface area contributed by atoms with Gasteiger partial charge in [0.1, 0.15) is 11.5 Å². The number of rotatable bonds is 6. The number of nitrogens with zero attached hydrogens (tertiary/aromatic N) is 1. The minimum atomic E-state index is 0. The number of benzene rings is 1. The number of piperidine rings is 1. The Kier molecular flexibility index (Phi) is 8.20. The van der Waals surface area contributed by atoms with E-state index >= 15 is 0 Å². The SMILES string of the molecule is CNC1CCCN(C(=O)CCc2cc(OC)cc(OC)c2)C1.Cl. The smallest absolute Gasteiger partial charge is 0.222 e. The van der Waals surface area contributed by atoms with E-state index < -0.39 is 0 Å². The molecule has 1 amide bonds. The van der Waals surface area contributed by atoms with Crippen LogP contribution in [0.4, 0.5) is 0 Å². The molecule has 1 aliphatic heterocycles. The lowest BCUT2D eigenvalue weighted by Crippen LogP contribution is -2.47. The molecule has 1 aromatic carbocycles. The van der Waals surface area contributed by atoms with Crippen LogP contribution in [-0.4, -0.2) is 51.2 Å². The molecule has 0 bridgehead atoms. The van der Waals surface area contributed by atoms with Gasteiger partial charge in [-0.2, -0.15) is 0 Å². The maximum Gasteiger partial charge on any atom is 0.222 e. The fourth-order valence-electron chi connectivity index (χ4n) is 2.86. The predicted octanol–water partition coefficient (Wildman–Crippen LogP) is 2.27. The molecule has 1 unspecified atom stereocenters. The number of methoxy groups -OCH3 is 2. The van der Waals surface area contributed by atoms with E-state index in [9.17, 15) is 4.79 Å². The largest absolute Gasteiger partial charge is 0.497 e. The van der Waals surface area contributed by atoms with Crippen LogP contribution in [0, 0.1) is 0 Å². The topological polar surface area (TPSA) is 50.8 Å². The summed E-state index contributed by atoms with van der Waals surface area (Å²) in [5, 5.41) is 3.27. The number of hydrogen-bond donors (Lipinski definition) is 1. The predicted molar refractivity (Wildman–Crippen MR) is 93.8 cm³/mol. The number of aryl methyl sites for hydroxylation is 1. The number of halogens is 1. The minimum Gasteiger partial charge on any atom is -0.497 e. The van der Waals surface area contributed by atoms with Crippen LogP contribution in [-0.2, 0) is 11.2 Å². The summed E-state index contributed by atoms with van der Waals surface area (Å²) < 4.78 is 10.5. The lowest BCUT2D eigenvalue weighted by atomic mass is 10.0. The summed E-state index contributed by atoms with van der Waals surface area (Å²) >= 11 is 0. The molecule has 0 aromatic heterocycles. The molecule has 23 heavy (non-hydrogen) atoms. The first-order valence-electron chi connectivity index (χ1n) is 7.83. The Morgan fingerprint density at radius 2 is 1.91 bits per heavy atom. The summed E-state index contributed by atoms with van der Waals surface area (Å²) in [5.41, 5.74) is 1.06. The quantitative estimate of drug-likeness (QED) is 0.861. The highest BCUT2D eigenvalue weighted by molar-refractivity contribution is 5.85. The third-order valence-electron chi connectivity index (χ3n) is 4.22. The lowest BCUT2D eigenvalue weighted by Gasteiger charge is -2.32. The average molecular weight is 343 g/mol. The van der Waals surface area contributed by atoms with Gasteiger partial charge in [-0.3, -0.25) is 4.79 Å². The van der Waals surface area contributed by atoms with Gasteiger partial charge in [0, 0.05) is 31.6 Å². The van der Waals surface area contributed by atoms with Crippen molar-refractivity contribution in [2.75, 3.05) is 34.4 Å². The Bertz CT molecular complexity index is 488. The summed E-state index contributed by atoms with van der Waals surface area (Å²) in [7, 11) is 5.23. The molecule has 6 heteroatoms. The maximum atomic E-state index is 12.4. The molecule has 0 saturated carbocycles. The van der Waals surface area contributed by atoms with Crippen molar-refractivity contribution < 1.29 is 14.3 Å². The maximum absolute atomic E-state index is 12.4. The van der Waals surface area contributed by atoms with Crippen molar-refractivity contribution >= 4 is 18.3 Å². The Labute approximate surface area is 144 Å². The molecule has 0 radical (unpaired) electrons. The molecule has 130 valence electrons. The highest BCUT2D eigenvalue weighted by atomic mass is 35.5. The molecule has 1 aromatic rings. The number of hydrogen-bond acceptors (Lipinski definition) is 4. The van der Waals surface area contributed by atoms with E-state index in [-0.39, 0.29) is 18.3 Å². The Morgan fingerprint density at radius 3 is 2.48 bits per heavy atom. The third-order valence-corrected chi connectivity index (χ3v) is 4.22. The van der Waals surface area contributed by atoms with Gasteiger partial charge in [-0.25, -0.2) is 0 Å². The monoisotopic (exact) mass is 342 g/mol. The number of likely N-dealkylation sites (tertiary alicyclic amines) is 1. The van der Waals surface area contributed by atoms with Crippen molar-refractivity contribution in [1.82, 2.24) is 10.2 Å². The number of nitrogens with one attached hydrogen (secondary N) is 1. The zero-order valence-electron chi connectivity index (χ0n) is 14.1. The first kappa shape index (κ1) is 19.6. The Morgan fingerprint density at radius 1 is 1.26 bits per heavy atom. The number of carbonyl (C=O) groups excluding carboxylic acids is 1. The fraction of sp³-hybridized carbons (Fsp3) is 0.588. The summed E-state index contributed by atoms with van der Waals surface area (Å²) in [6.45, 7) is 1.69. The third kappa shape index (κ3) is 5.59. The normalized spacial score (nSPS) is 17.3. The van der Waals surface area contributed by atoms with Crippen LogP contribution in [0.1, 0.15) is 24.8 Å². The van der Waals surface area contributed by atoms with Gasteiger partial charge in [-0.1, -0.05) is 0 Å². The fourth-order valence-corrected chi connectivity index (χ4v) is 2.86. The van der Waals surface area contributed by atoms with Crippen LogP contribution in [0.3, 0.4) is 0 Å². The van der Waals surface area contributed by atoms with Crippen LogP contribution in [0.25, 0.3) is 0 Å². The zero-order chi connectivity index (χ0) is 15.9. The van der Waals surface area contributed by atoms with Crippen LogP contribution in [0.5, 0.6) is 11.5 Å². The van der Waals surface area contributed by atoms with Crippen LogP contribution in [0.2, 0.25) is 0 Å². The second-order valence-electron chi connectivity index (χ2n) is 5.69. The summed E-state index contributed by atoms with van der Waals surface area (Å²) in [6.07, 6.45) is 3.44. The average Bonchev–Trinajstić information content (AvgIpc) is 2.59. The van der Waals surface area contributed by atoms with Crippen molar-refractivity contribution in [2.24, 2.45) is 0 Å². The molecule has 1 aliphatic rings. The summed E-state index contributed by atoms with van der Waals surface area (Å²) in [6, 6.07) is 6.19. The van der Waals surface area contributed by atoms with Crippen LogP contribution < -0.4 is 14.8 Å². The highest BCUT2D eigenvalue weighted by Gasteiger charge is 2.22. The first-order chi connectivity index (χ1) is 10.7. The highest BCUT2D eigenvalue weighted by Crippen LogP contribution is 2.23. The molecular formula is C17H27ClN2O3. The van der Waals surface area contributed by atoms with Crippen molar-refractivity contribution in [1.29, 1.82) is 0 Å². The summed E-state index contributed by atoms with van der Waals surface area (Å²) in [4.78, 5) is 14.4. The van der Waals surface area contributed by atoms with E-state index in [1.807, 2.05) is 30.1 Å². The van der Waals surface area contributed by atoms with Crippen molar-refractivity contribution in [2.45, 2.75) is 31.7 Å². The molecule has 2 rings (SSSR count). The van der Waals surface area contributed by atoms with Gasteiger partial charge in [0.2, 0.25) is 5.91 Å². The van der Waals surface area contributed by atoms with Crippen LogP contribution >= 0.6 is 12.4 Å². The van der Waals surface area contributed by atoms with Gasteiger partial charge in [0.25, 0.3) is 0 Å². The molecule has 0 spiro atoms. The van der Waals surface area contributed by atoms with Gasteiger partial charge in [0.05, 0.1) is 14.2 Å². The Balaban J connectivity index is 0.00000264. The number of amides is 1. The van der Waals surface area contributed by atoms with Gasteiger partial charge in [0.15, 0.2) is 0 Å². The molecule has 1 heterocycles. The van der Waals surface area contributed by atoms with Gasteiger partial charge in [-0.15, -0.1) is 12.4 Å². The van der Waals surface area contributed by atoms with E-state index in [1.54, 1.807) is 14.2 Å². The molecule has 0 aliphatic carbocycles. The number of ether oxygens (including phenoxy) is 2. The van der Waals surface area contributed by atoms with Gasteiger partial charge in [-0.05, 0) is 44.0 Å². The standard InChI is InChI=1S/C17H26N2O3.ClH/c1-18-14-5-4-8-19(12-14)17(20)7-6-13-9-15(21-2)11-16(10-13)22-3;/h9-11,14,18H,4-8,12H2,1-3H3;1H. The van der Waals surface area contributed by atoms with Crippen molar-refractivity contribution in [3.8, 4) is 11.5 Å². The van der Waals surface area contributed by atoms with Crippen LogP contribution in [0.15, 0.2) is 18.2 Å². The zero-order valence-corrected chi connectivity index (χ0v) is 14.9. The second-order valence-corrected chi connectivity index (χ2v) is 5.69. The van der Waals surface area contributed by atoms with E-state index in [4.69, 9.17) is 9.47 Å². The molecule has 1 N–H and O–H groups in total. The van der Waals surface area contributed by atoms with Gasteiger partial charge < -0.3 is 19.7 Å². The number of likely N-dealkylation sites (N-methyl/N-ethyl adjacent to an activating group) is 1. The second kappa shape index (κ2) is 9.63. The summed E-state index contributed by atoms with van der Waals surface area (Å²) in [5.74, 6) is 1.74. The number of carbonyl (C=O) groups is 1. The van der Waals surface area contributed by atoms with E-state index in [0.717, 1.165) is 43.0 Å². The molecule has 1 atom stereocenters. The van der Waals surface area contributed by atoms with E-state index in [2.05, 4.69) is 5.32 Å². The molecular weight excluding hydrogens is 316 g/mol.